The van der Waals surface area contributed by atoms with Crippen LogP contribution in [0.4, 0.5) is 15.0 Å². The largest absolute Gasteiger partial charge is 0.530 e. The third kappa shape index (κ3) is 11.6. The van der Waals surface area contributed by atoms with Crippen molar-refractivity contribution in [2.45, 2.75) is 82.9 Å². The number of benzene rings is 1. The van der Waals surface area contributed by atoms with E-state index in [0.29, 0.717) is 18.6 Å². The zero-order valence-electron chi connectivity index (χ0n) is 26.2. The molecule has 3 rings (SSSR count). The first-order valence-electron chi connectivity index (χ1n) is 14.3. The van der Waals surface area contributed by atoms with E-state index in [1.54, 1.807) is 51.1 Å². The number of para-hydroxylation sites is 1. The number of rotatable bonds is 13. The van der Waals surface area contributed by atoms with Gasteiger partial charge in [0, 0.05) is 17.4 Å². The number of nitrogens with two attached hydrogens (primary N) is 1. The molecule has 0 saturated carbocycles. The van der Waals surface area contributed by atoms with Crippen LogP contribution in [-0.2, 0) is 27.9 Å². The first-order chi connectivity index (χ1) is 21.0. The minimum atomic E-state index is -4.29. The predicted molar refractivity (Wildman–Crippen MR) is 172 cm³/mol. The van der Waals surface area contributed by atoms with Gasteiger partial charge in [-0.3, -0.25) is 18.4 Å². The average Bonchev–Trinajstić information content (AvgIpc) is 3.22. The SMILES string of the molecule is CC(C)(C)OC(=O)O[C@H]1[C@H](F)[C@H](n2ccc(N)nc2=O)S[C@@H]1COP(=O)(OCCCCSC(=O)C(C)(C)C)Oc1ccccc1. The van der Waals surface area contributed by atoms with Gasteiger partial charge in [-0.05, 0) is 51.8 Å². The van der Waals surface area contributed by atoms with E-state index in [-0.39, 0.29) is 23.3 Å². The van der Waals surface area contributed by atoms with E-state index in [9.17, 15) is 18.9 Å². The monoisotopic (exact) mass is 689 g/mol. The molecule has 0 aliphatic carbocycles. The first kappa shape index (κ1) is 36.9. The van der Waals surface area contributed by atoms with Gasteiger partial charge in [-0.2, -0.15) is 4.98 Å². The quantitative estimate of drug-likeness (QED) is 0.140. The van der Waals surface area contributed by atoms with Crippen molar-refractivity contribution in [2.75, 3.05) is 24.7 Å². The molecule has 0 amide bonds. The Kier molecular flexibility index (Phi) is 13.0. The lowest BCUT2D eigenvalue weighted by Crippen LogP contribution is -2.38. The molecule has 2 heterocycles. The molecule has 16 heteroatoms. The number of anilines is 1. The standard InChI is InChI=1S/C29H41FN3O9PS2/c1-28(2,3)25(34)44-17-11-10-16-38-43(37,42-19-12-8-7-9-13-19)39-18-20-23(40-27(36)41-29(4,5)6)22(30)24(45-20)33-15-14-21(31)32-26(33)35/h7-9,12-15,20,22-24H,10-11,16-18H2,1-6H3,(H2,31,32,35)/t20-,22+,23-,24-,43?/m1/s1. The molecule has 45 heavy (non-hydrogen) atoms. The Hall–Kier alpha value is -2.58. The molecule has 0 spiro atoms. The topological polar surface area (TPSA) is 158 Å². The molecule has 2 aromatic rings. The van der Waals surface area contributed by atoms with Gasteiger partial charge in [0.1, 0.15) is 22.5 Å². The molecular weight excluding hydrogens is 648 g/mol. The van der Waals surface area contributed by atoms with Gasteiger partial charge in [0.15, 0.2) is 17.4 Å². The summed E-state index contributed by atoms with van der Waals surface area (Å²) >= 11 is 2.16. The number of alkyl halides is 1. The zero-order chi connectivity index (χ0) is 33.4. The Morgan fingerprint density at radius 1 is 1.09 bits per heavy atom. The number of nitrogen functional groups attached to an aromatic ring is 1. The summed E-state index contributed by atoms with van der Waals surface area (Å²) in [5, 5.41) is -2.06. The minimum absolute atomic E-state index is 0.00904. The maximum Gasteiger partial charge on any atom is 0.530 e. The summed E-state index contributed by atoms with van der Waals surface area (Å²) in [6.45, 7) is 9.99. The highest BCUT2D eigenvalue weighted by Crippen LogP contribution is 2.52. The Morgan fingerprint density at radius 2 is 1.78 bits per heavy atom. The van der Waals surface area contributed by atoms with Crippen LogP contribution in [0.15, 0.2) is 47.4 Å². The number of phosphoric ester groups is 1. The fourth-order valence-electron chi connectivity index (χ4n) is 3.82. The van der Waals surface area contributed by atoms with Crippen LogP contribution in [0.25, 0.3) is 0 Å². The highest BCUT2D eigenvalue weighted by Gasteiger charge is 2.50. The van der Waals surface area contributed by atoms with Crippen LogP contribution in [0.1, 0.15) is 59.8 Å². The van der Waals surface area contributed by atoms with Crippen molar-refractivity contribution in [1.82, 2.24) is 9.55 Å². The zero-order valence-corrected chi connectivity index (χ0v) is 28.7. The fraction of sp³-hybridized carbons (Fsp3) is 0.586. The molecule has 1 aliphatic heterocycles. The van der Waals surface area contributed by atoms with E-state index in [4.69, 9.17) is 28.8 Å². The summed E-state index contributed by atoms with van der Waals surface area (Å²) in [4.78, 5) is 40.9. The Morgan fingerprint density at radius 3 is 2.40 bits per heavy atom. The molecule has 2 N–H and O–H groups in total. The van der Waals surface area contributed by atoms with Gasteiger partial charge >= 0.3 is 19.7 Å². The number of phosphoric acid groups is 1. The molecule has 5 atom stereocenters. The second-order valence-electron chi connectivity index (χ2n) is 12.2. The number of ether oxygens (including phenoxy) is 2. The highest BCUT2D eigenvalue weighted by molar-refractivity contribution is 8.13. The highest BCUT2D eigenvalue weighted by atomic mass is 32.2. The average molecular weight is 690 g/mol. The van der Waals surface area contributed by atoms with Gasteiger partial charge in [-0.25, -0.2) is 18.5 Å². The van der Waals surface area contributed by atoms with Gasteiger partial charge in [0.2, 0.25) is 0 Å². The third-order valence-corrected chi connectivity index (χ3v) is 10.3. The van der Waals surface area contributed by atoms with E-state index in [0.717, 1.165) is 16.3 Å². The van der Waals surface area contributed by atoms with Crippen LogP contribution in [0.5, 0.6) is 5.75 Å². The van der Waals surface area contributed by atoms with Crippen molar-refractivity contribution < 1.29 is 41.6 Å². The van der Waals surface area contributed by atoms with Crippen molar-refractivity contribution in [3.05, 3.63) is 53.1 Å². The fourth-order valence-corrected chi connectivity index (χ4v) is 7.61. The number of aromatic nitrogens is 2. The normalized spacial score (nSPS) is 21.6. The molecule has 0 radical (unpaired) electrons. The van der Waals surface area contributed by atoms with Crippen LogP contribution in [0.3, 0.4) is 0 Å². The van der Waals surface area contributed by atoms with Gasteiger partial charge in [-0.1, -0.05) is 50.7 Å². The molecule has 250 valence electrons. The molecule has 1 fully saturated rings. The molecule has 1 aromatic heterocycles. The van der Waals surface area contributed by atoms with E-state index in [2.05, 4.69) is 4.98 Å². The summed E-state index contributed by atoms with van der Waals surface area (Å²) < 4.78 is 58.3. The summed E-state index contributed by atoms with van der Waals surface area (Å²) in [5.41, 5.74) is 3.43. The number of carbonyl (C=O) groups is 2. The number of unbranched alkanes of at least 4 members (excludes halogenated alkanes) is 1. The van der Waals surface area contributed by atoms with Crippen LogP contribution in [0, 0.1) is 5.41 Å². The molecule has 0 bridgehead atoms. The lowest BCUT2D eigenvalue weighted by atomic mass is 10.00. The van der Waals surface area contributed by atoms with Crippen LogP contribution in [-0.4, -0.2) is 62.9 Å². The minimum Gasteiger partial charge on any atom is -0.429 e. The van der Waals surface area contributed by atoms with E-state index < -0.39 is 60.2 Å². The second-order valence-corrected chi connectivity index (χ2v) is 16.2. The van der Waals surface area contributed by atoms with Gasteiger partial charge in [-0.15, -0.1) is 11.8 Å². The Balaban J connectivity index is 1.74. The van der Waals surface area contributed by atoms with Crippen LogP contribution < -0.4 is 15.9 Å². The maximum absolute atomic E-state index is 15.9. The molecule has 1 saturated heterocycles. The number of nitrogens with zero attached hydrogens (tertiary/aromatic N) is 2. The molecular formula is C29H41FN3O9PS2. The van der Waals surface area contributed by atoms with E-state index in [1.165, 1.54) is 24.0 Å². The number of hydrogen-bond donors (Lipinski definition) is 1. The van der Waals surface area contributed by atoms with Crippen molar-refractivity contribution in [2.24, 2.45) is 5.41 Å². The first-order valence-corrected chi connectivity index (χ1v) is 17.7. The Labute approximate surface area is 270 Å². The molecule has 1 aromatic carbocycles. The molecule has 12 nitrogen and oxygen atoms in total. The van der Waals surface area contributed by atoms with E-state index in [1.807, 2.05) is 20.8 Å². The predicted octanol–water partition coefficient (Wildman–Crippen LogP) is 6.40. The van der Waals surface area contributed by atoms with E-state index >= 15 is 4.39 Å². The third-order valence-electron chi connectivity index (χ3n) is 6.01. The number of hydrogen-bond acceptors (Lipinski definition) is 13. The van der Waals surface area contributed by atoms with Crippen LogP contribution in [0.2, 0.25) is 0 Å². The van der Waals surface area contributed by atoms with Gasteiger partial charge in [0.05, 0.1) is 18.5 Å². The second kappa shape index (κ2) is 15.8. The molecule has 1 unspecified atom stereocenters. The number of carbonyl (C=O) groups excluding carboxylic acids is 2. The van der Waals surface area contributed by atoms with Gasteiger partial charge < -0.3 is 19.7 Å². The summed E-state index contributed by atoms with van der Waals surface area (Å²) in [7, 11) is -4.29. The molecule has 1 aliphatic rings. The van der Waals surface area contributed by atoms with Crippen molar-refractivity contribution in [1.29, 1.82) is 0 Å². The van der Waals surface area contributed by atoms with Crippen molar-refractivity contribution in [3.63, 3.8) is 0 Å². The summed E-state index contributed by atoms with van der Waals surface area (Å²) in [5.74, 6) is 0.741. The smallest absolute Gasteiger partial charge is 0.429 e. The van der Waals surface area contributed by atoms with Gasteiger partial charge in [0.25, 0.3) is 0 Å². The Bertz CT molecular complexity index is 1400. The van der Waals surface area contributed by atoms with Crippen molar-refractivity contribution in [3.8, 4) is 5.75 Å². The summed E-state index contributed by atoms with van der Waals surface area (Å²) in [6, 6.07) is 9.59. The number of halogens is 1. The lowest BCUT2D eigenvalue weighted by Gasteiger charge is -2.25. The number of thioether (sulfide) groups is 2. The summed E-state index contributed by atoms with van der Waals surface area (Å²) in [6.07, 6.45) is -2.11. The van der Waals surface area contributed by atoms with Crippen LogP contribution >= 0.6 is 31.3 Å². The maximum atomic E-state index is 15.9. The van der Waals surface area contributed by atoms with Crippen molar-refractivity contribution >= 4 is 48.4 Å². The lowest BCUT2D eigenvalue weighted by molar-refractivity contribution is -0.117.